The summed E-state index contributed by atoms with van der Waals surface area (Å²) in [5.74, 6) is 0.623. The molecule has 0 unspecified atom stereocenters. The number of thioether (sulfide) groups is 1. The molecule has 0 saturated heterocycles. The highest BCUT2D eigenvalue weighted by Crippen LogP contribution is 2.22. The van der Waals surface area contributed by atoms with Crippen LogP contribution < -0.4 is 5.32 Å². The Kier molecular flexibility index (Phi) is 5.54. The van der Waals surface area contributed by atoms with Crippen LogP contribution in [0.15, 0.2) is 29.4 Å². The van der Waals surface area contributed by atoms with Gasteiger partial charge in [-0.15, -0.1) is 10.2 Å². The molecule has 5 nitrogen and oxygen atoms in total. The van der Waals surface area contributed by atoms with Crippen LogP contribution in [0.1, 0.15) is 20.3 Å². The van der Waals surface area contributed by atoms with Crippen molar-refractivity contribution < 1.29 is 9.18 Å². The molecule has 0 aliphatic carbocycles. The zero-order chi connectivity index (χ0) is 16.1. The van der Waals surface area contributed by atoms with Gasteiger partial charge in [0, 0.05) is 18.7 Å². The number of rotatable bonds is 6. The number of nitrogens with zero attached hydrogens (tertiary/aromatic N) is 3. The van der Waals surface area contributed by atoms with E-state index in [4.69, 9.17) is 0 Å². The lowest BCUT2D eigenvalue weighted by Gasteiger charge is -2.10. The van der Waals surface area contributed by atoms with Gasteiger partial charge in [0.15, 0.2) is 11.0 Å². The van der Waals surface area contributed by atoms with Gasteiger partial charge in [-0.05, 0) is 37.6 Å². The minimum Gasteiger partial charge on any atom is -0.353 e. The highest BCUT2D eigenvalue weighted by atomic mass is 32.2. The van der Waals surface area contributed by atoms with E-state index >= 15 is 0 Å². The Balaban J connectivity index is 2.02. The quantitative estimate of drug-likeness (QED) is 0.831. The predicted molar refractivity (Wildman–Crippen MR) is 85.0 cm³/mol. The molecule has 0 aliphatic rings. The molecule has 1 atom stereocenters. The Bertz CT molecular complexity index is 641. The lowest BCUT2D eigenvalue weighted by atomic mass is 10.2. The molecule has 0 aliphatic heterocycles. The van der Waals surface area contributed by atoms with E-state index in [2.05, 4.69) is 15.5 Å². The lowest BCUT2D eigenvalue weighted by Crippen LogP contribution is -2.33. The number of hydrogen-bond donors (Lipinski definition) is 1. The zero-order valence-corrected chi connectivity index (χ0v) is 13.7. The van der Waals surface area contributed by atoms with Crippen LogP contribution in [0.3, 0.4) is 0 Å². The average molecular weight is 322 g/mol. The van der Waals surface area contributed by atoms with Gasteiger partial charge < -0.3 is 9.88 Å². The van der Waals surface area contributed by atoms with Crippen LogP contribution in [0.4, 0.5) is 4.39 Å². The maximum absolute atomic E-state index is 13.0. The molecule has 7 heteroatoms. The van der Waals surface area contributed by atoms with Gasteiger partial charge >= 0.3 is 0 Å². The summed E-state index contributed by atoms with van der Waals surface area (Å²) in [5, 5.41) is 11.8. The topological polar surface area (TPSA) is 59.8 Å². The van der Waals surface area contributed by atoms with Crippen LogP contribution in [-0.4, -0.2) is 32.5 Å². The molecule has 0 spiro atoms. The van der Waals surface area contributed by atoms with Crippen molar-refractivity contribution in [2.75, 3.05) is 5.75 Å². The largest absolute Gasteiger partial charge is 0.353 e. The fourth-order valence-corrected chi connectivity index (χ4v) is 2.56. The third-order valence-electron chi connectivity index (χ3n) is 3.29. The molecule has 0 bridgehead atoms. The van der Waals surface area contributed by atoms with E-state index in [1.165, 1.54) is 23.9 Å². The first kappa shape index (κ1) is 16.5. The van der Waals surface area contributed by atoms with E-state index in [-0.39, 0.29) is 17.8 Å². The molecule has 0 fully saturated rings. The second kappa shape index (κ2) is 7.40. The summed E-state index contributed by atoms with van der Waals surface area (Å²) < 4.78 is 14.8. The molecule has 2 rings (SSSR count). The lowest BCUT2D eigenvalue weighted by molar-refractivity contribution is -0.119. The summed E-state index contributed by atoms with van der Waals surface area (Å²) >= 11 is 1.33. The second-order valence-corrected chi connectivity index (χ2v) is 5.98. The van der Waals surface area contributed by atoms with E-state index in [1.54, 1.807) is 16.7 Å². The summed E-state index contributed by atoms with van der Waals surface area (Å²) in [6, 6.07) is 6.25. The Hall–Kier alpha value is -1.89. The van der Waals surface area contributed by atoms with Crippen LogP contribution in [0.5, 0.6) is 0 Å². The number of aromatic nitrogens is 3. The molecule has 1 N–H and O–H groups in total. The van der Waals surface area contributed by atoms with Crippen LogP contribution in [0.25, 0.3) is 11.4 Å². The number of amides is 1. The Morgan fingerprint density at radius 3 is 2.68 bits per heavy atom. The Morgan fingerprint density at radius 1 is 1.36 bits per heavy atom. The van der Waals surface area contributed by atoms with Crippen molar-refractivity contribution in [3.8, 4) is 11.4 Å². The zero-order valence-electron chi connectivity index (χ0n) is 12.8. The first-order valence-corrected chi connectivity index (χ1v) is 8.07. The van der Waals surface area contributed by atoms with Crippen LogP contribution >= 0.6 is 11.8 Å². The van der Waals surface area contributed by atoms with Crippen LogP contribution in [0.2, 0.25) is 0 Å². The standard InChI is InChI=1S/C15H19FN4OS/c1-4-10(2)17-13(21)9-22-15-19-18-14(20(15)3)11-5-7-12(16)8-6-11/h5-8,10H,4,9H2,1-3H3,(H,17,21)/t10-/m0/s1. The normalized spacial score (nSPS) is 12.2. The van der Waals surface area contributed by atoms with Gasteiger partial charge in [-0.1, -0.05) is 18.7 Å². The number of hydrogen-bond acceptors (Lipinski definition) is 4. The fourth-order valence-electron chi connectivity index (χ4n) is 1.84. The number of carbonyl (C=O) groups excluding carboxylic acids is 1. The molecule has 1 aromatic carbocycles. The SMILES string of the molecule is CC[C@H](C)NC(=O)CSc1nnc(-c2ccc(F)cc2)n1C. The number of halogens is 1. The molecule has 0 radical (unpaired) electrons. The van der Waals surface area contributed by atoms with Gasteiger partial charge in [0.25, 0.3) is 0 Å². The minimum absolute atomic E-state index is 0.0225. The molecule has 1 heterocycles. The van der Waals surface area contributed by atoms with Crippen molar-refractivity contribution >= 4 is 17.7 Å². The van der Waals surface area contributed by atoms with Gasteiger partial charge in [0.05, 0.1) is 5.75 Å². The summed E-state index contributed by atoms with van der Waals surface area (Å²) in [7, 11) is 1.83. The summed E-state index contributed by atoms with van der Waals surface area (Å²) in [6.07, 6.45) is 0.898. The third-order valence-corrected chi connectivity index (χ3v) is 4.31. The van der Waals surface area contributed by atoms with Gasteiger partial charge in [0.1, 0.15) is 5.82 Å². The predicted octanol–water partition coefficient (Wildman–Crippen LogP) is 2.63. The second-order valence-electron chi connectivity index (χ2n) is 5.04. The maximum Gasteiger partial charge on any atom is 0.230 e. The maximum atomic E-state index is 13.0. The van der Waals surface area contributed by atoms with Crippen molar-refractivity contribution in [2.45, 2.75) is 31.5 Å². The van der Waals surface area contributed by atoms with Crippen LogP contribution in [-0.2, 0) is 11.8 Å². The molecular weight excluding hydrogens is 303 g/mol. The molecule has 0 saturated carbocycles. The first-order valence-electron chi connectivity index (χ1n) is 7.08. The fraction of sp³-hybridized carbons (Fsp3) is 0.400. The number of carbonyl (C=O) groups is 1. The highest BCUT2D eigenvalue weighted by molar-refractivity contribution is 7.99. The van der Waals surface area contributed by atoms with Crippen molar-refractivity contribution in [2.24, 2.45) is 7.05 Å². The molecule has 1 aromatic heterocycles. The number of nitrogens with one attached hydrogen (secondary N) is 1. The van der Waals surface area contributed by atoms with Gasteiger partial charge in [-0.2, -0.15) is 0 Å². The Morgan fingerprint density at radius 2 is 2.05 bits per heavy atom. The monoisotopic (exact) mass is 322 g/mol. The summed E-state index contributed by atoms with van der Waals surface area (Å²) in [5.41, 5.74) is 0.785. The molecule has 118 valence electrons. The minimum atomic E-state index is -0.290. The van der Waals surface area contributed by atoms with Gasteiger partial charge in [0.2, 0.25) is 5.91 Å². The summed E-state index contributed by atoms with van der Waals surface area (Å²) in [6.45, 7) is 3.99. The highest BCUT2D eigenvalue weighted by Gasteiger charge is 2.13. The van der Waals surface area contributed by atoms with E-state index < -0.39 is 0 Å². The molecule has 22 heavy (non-hydrogen) atoms. The molecule has 2 aromatic rings. The molecular formula is C15H19FN4OS. The molecule has 1 amide bonds. The third kappa shape index (κ3) is 4.07. The first-order chi connectivity index (χ1) is 10.5. The average Bonchev–Trinajstić information content (AvgIpc) is 2.87. The smallest absolute Gasteiger partial charge is 0.230 e. The van der Waals surface area contributed by atoms with Crippen molar-refractivity contribution in [3.05, 3.63) is 30.1 Å². The van der Waals surface area contributed by atoms with Crippen LogP contribution in [0, 0.1) is 5.82 Å². The number of benzene rings is 1. The van der Waals surface area contributed by atoms with Gasteiger partial charge in [-0.3, -0.25) is 4.79 Å². The van der Waals surface area contributed by atoms with E-state index in [0.29, 0.717) is 16.7 Å². The van der Waals surface area contributed by atoms with Gasteiger partial charge in [-0.25, -0.2) is 4.39 Å². The Labute approximate surface area is 133 Å². The van der Waals surface area contributed by atoms with E-state index in [0.717, 1.165) is 12.0 Å². The van der Waals surface area contributed by atoms with Crippen molar-refractivity contribution in [1.29, 1.82) is 0 Å². The summed E-state index contributed by atoms with van der Waals surface area (Å²) in [4.78, 5) is 11.8. The van der Waals surface area contributed by atoms with E-state index in [1.807, 2.05) is 20.9 Å². The van der Waals surface area contributed by atoms with Crippen molar-refractivity contribution in [3.63, 3.8) is 0 Å². The van der Waals surface area contributed by atoms with Crippen molar-refractivity contribution in [1.82, 2.24) is 20.1 Å². The van der Waals surface area contributed by atoms with E-state index in [9.17, 15) is 9.18 Å².